The van der Waals surface area contributed by atoms with E-state index >= 15 is 0 Å². The van der Waals surface area contributed by atoms with Gasteiger partial charge in [0.05, 0.1) is 16.9 Å². The minimum Gasteiger partial charge on any atom is -0.353 e. The zero-order chi connectivity index (χ0) is 20.8. The van der Waals surface area contributed by atoms with Gasteiger partial charge in [-0.05, 0) is 55.2 Å². The largest absolute Gasteiger partial charge is 0.353 e. The predicted molar refractivity (Wildman–Crippen MR) is 118 cm³/mol. The predicted octanol–water partition coefficient (Wildman–Crippen LogP) is 5.51. The number of nitrogens with one attached hydrogen (secondary N) is 2. The van der Waals surface area contributed by atoms with Crippen LogP contribution in [0.1, 0.15) is 19.0 Å². The van der Waals surface area contributed by atoms with E-state index in [2.05, 4.69) is 22.2 Å². The molecule has 5 nitrogen and oxygen atoms in total. The molecule has 2 N–H and O–H groups in total. The van der Waals surface area contributed by atoms with E-state index in [4.69, 9.17) is 11.6 Å². The molecule has 0 spiro atoms. The Bertz CT molecular complexity index is 1330. The number of H-pyrrole nitrogens is 1. The number of aromatic nitrogens is 3. The zero-order valence-corrected chi connectivity index (χ0v) is 17.1. The quantitative estimate of drug-likeness (QED) is 0.457. The summed E-state index contributed by atoms with van der Waals surface area (Å²) >= 11 is 6.10. The summed E-state index contributed by atoms with van der Waals surface area (Å²) in [5.41, 5.74) is 3.70. The number of hydrogen-bond acceptors (Lipinski definition) is 3. The summed E-state index contributed by atoms with van der Waals surface area (Å²) in [5.74, 6) is -0.00691. The standard InChI is InChI=1S/C23H20ClFN4O/c1-13-6-9-29-21(10-13)20(28-19-5-8-27-22-15(19)4-7-26-22)12-17(23(29)30)16-11-14(24)2-3-18(16)25/h2-5,7-8,11-13H,6,9-10H2,1H3,(H2,26,27,28). The van der Waals surface area contributed by atoms with Gasteiger partial charge >= 0.3 is 0 Å². The van der Waals surface area contributed by atoms with Crippen molar-refractivity contribution in [3.8, 4) is 11.1 Å². The Morgan fingerprint density at radius 3 is 2.93 bits per heavy atom. The van der Waals surface area contributed by atoms with Crippen molar-refractivity contribution in [3.05, 3.63) is 75.7 Å². The number of anilines is 2. The molecule has 4 aromatic rings. The maximum Gasteiger partial charge on any atom is 0.258 e. The molecule has 5 rings (SSSR count). The Kier molecular flexibility index (Phi) is 4.59. The Morgan fingerprint density at radius 2 is 2.07 bits per heavy atom. The molecular weight excluding hydrogens is 403 g/mol. The summed E-state index contributed by atoms with van der Waals surface area (Å²) in [4.78, 5) is 20.7. The number of rotatable bonds is 3. The fraction of sp³-hybridized carbons (Fsp3) is 0.217. The van der Waals surface area contributed by atoms with E-state index in [1.807, 2.05) is 18.3 Å². The molecule has 0 saturated heterocycles. The van der Waals surface area contributed by atoms with Crippen molar-refractivity contribution in [1.82, 2.24) is 14.5 Å². The second-order valence-corrected chi connectivity index (χ2v) is 8.26. The second-order valence-electron chi connectivity index (χ2n) is 7.82. The summed E-state index contributed by atoms with van der Waals surface area (Å²) in [6.45, 7) is 2.79. The number of aromatic amines is 1. The van der Waals surface area contributed by atoms with E-state index in [1.54, 1.807) is 16.8 Å². The zero-order valence-electron chi connectivity index (χ0n) is 16.4. The van der Waals surface area contributed by atoms with Gasteiger partial charge in [-0.2, -0.15) is 0 Å². The molecule has 1 unspecified atom stereocenters. The highest BCUT2D eigenvalue weighted by Crippen LogP contribution is 2.33. The lowest BCUT2D eigenvalue weighted by Gasteiger charge is -2.27. The van der Waals surface area contributed by atoms with E-state index in [0.717, 1.165) is 40.9 Å². The van der Waals surface area contributed by atoms with Gasteiger partial charge in [-0.25, -0.2) is 9.37 Å². The van der Waals surface area contributed by atoms with Gasteiger partial charge < -0.3 is 14.9 Å². The molecule has 1 aliphatic rings. The lowest BCUT2D eigenvalue weighted by molar-refractivity contribution is 0.408. The second kappa shape index (κ2) is 7.29. The van der Waals surface area contributed by atoms with E-state index < -0.39 is 5.82 Å². The summed E-state index contributed by atoms with van der Waals surface area (Å²) < 4.78 is 16.4. The van der Waals surface area contributed by atoms with Crippen molar-refractivity contribution in [1.29, 1.82) is 0 Å². The molecule has 30 heavy (non-hydrogen) atoms. The van der Waals surface area contributed by atoms with Gasteiger partial charge in [0.15, 0.2) is 0 Å². The molecule has 3 aromatic heterocycles. The van der Waals surface area contributed by atoms with Crippen LogP contribution in [0.3, 0.4) is 0 Å². The van der Waals surface area contributed by atoms with Crippen LogP contribution in [0.5, 0.6) is 0 Å². The number of halogens is 2. The molecule has 7 heteroatoms. The van der Waals surface area contributed by atoms with Gasteiger partial charge in [0.25, 0.3) is 5.56 Å². The highest BCUT2D eigenvalue weighted by molar-refractivity contribution is 6.30. The van der Waals surface area contributed by atoms with Crippen molar-refractivity contribution in [3.63, 3.8) is 0 Å². The first-order chi connectivity index (χ1) is 14.5. The Morgan fingerprint density at radius 1 is 1.20 bits per heavy atom. The Hall–Kier alpha value is -3.12. The molecule has 0 saturated carbocycles. The summed E-state index contributed by atoms with van der Waals surface area (Å²) in [7, 11) is 0. The Balaban J connectivity index is 1.72. The van der Waals surface area contributed by atoms with Crippen LogP contribution in [0.15, 0.2) is 53.6 Å². The van der Waals surface area contributed by atoms with Crippen LogP contribution in [0.25, 0.3) is 22.2 Å². The van der Waals surface area contributed by atoms with Gasteiger partial charge in [-0.3, -0.25) is 4.79 Å². The van der Waals surface area contributed by atoms with Crippen LogP contribution >= 0.6 is 11.6 Å². The third kappa shape index (κ3) is 3.17. The molecule has 1 aromatic carbocycles. The van der Waals surface area contributed by atoms with Gasteiger partial charge in [0, 0.05) is 40.6 Å². The topological polar surface area (TPSA) is 62.7 Å². The molecule has 0 fully saturated rings. The first kappa shape index (κ1) is 18.9. The molecular formula is C23H20ClFN4O. The average molecular weight is 423 g/mol. The number of hydrogen-bond donors (Lipinski definition) is 2. The maximum absolute atomic E-state index is 14.6. The minimum absolute atomic E-state index is 0.190. The number of nitrogens with zero attached hydrogens (tertiary/aromatic N) is 2. The molecule has 4 heterocycles. The van der Waals surface area contributed by atoms with E-state index in [1.165, 1.54) is 18.2 Å². The van der Waals surface area contributed by atoms with Crippen LogP contribution in [-0.4, -0.2) is 14.5 Å². The molecule has 0 radical (unpaired) electrons. The van der Waals surface area contributed by atoms with E-state index in [0.29, 0.717) is 23.0 Å². The molecule has 0 aliphatic carbocycles. The SMILES string of the molecule is CC1CCn2c(c(Nc3ccnc4[nH]ccc34)cc(-c3cc(Cl)ccc3F)c2=O)C1. The van der Waals surface area contributed by atoms with Crippen molar-refractivity contribution >= 4 is 34.0 Å². The summed E-state index contributed by atoms with van der Waals surface area (Å²) in [6.07, 6.45) is 5.24. The van der Waals surface area contributed by atoms with Crippen LogP contribution < -0.4 is 10.9 Å². The lowest BCUT2D eigenvalue weighted by atomic mass is 9.94. The molecule has 1 atom stereocenters. The van der Waals surface area contributed by atoms with Crippen LogP contribution in [-0.2, 0) is 13.0 Å². The van der Waals surface area contributed by atoms with Crippen LogP contribution in [0, 0.1) is 11.7 Å². The number of fused-ring (bicyclic) bond motifs is 2. The smallest absolute Gasteiger partial charge is 0.258 e. The number of pyridine rings is 2. The first-order valence-corrected chi connectivity index (χ1v) is 10.3. The first-order valence-electron chi connectivity index (χ1n) is 9.92. The summed E-state index contributed by atoms with van der Waals surface area (Å²) in [6, 6.07) is 9.88. The monoisotopic (exact) mass is 422 g/mol. The maximum atomic E-state index is 14.6. The van der Waals surface area contributed by atoms with E-state index in [-0.39, 0.29) is 11.1 Å². The van der Waals surface area contributed by atoms with Crippen molar-refractivity contribution in [2.24, 2.45) is 5.92 Å². The fourth-order valence-electron chi connectivity index (χ4n) is 4.16. The Labute approximate surface area is 177 Å². The van der Waals surface area contributed by atoms with Gasteiger partial charge in [0.2, 0.25) is 0 Å². The normalized spacial score (nSPS) is 15.9. The third-order valence-electron chi connectivity index (χ3n) is 5.74. The van der Waals surface area contributed by atoms with Crippen molar-refractivity contribution < 1.29 is 4.39 Å². The molecule has 152 valence electrons. The average Bonchev–Trinajstić information content (AvgIpc) is 3.22. The van der Waals surface area contributed by atoms with Crippen molar-refractivity contribution in [2.45, 2.75) is 26.3 Å². The molecule has 1 aliphatic heterocycles. The highest BCUT2D eigenvalue weighted by atomic mass is 35.5. The van der Waals surface area contributed by atoms with Gasteiger partial charge in [0.1, 0.15) is 11.5 Å². The molecule has 0 amide bonds. The van der Waals surface area contributed by atoms with Gasteiger partial charge in [-0.15, -0.1) is 0 Å². The van der Waals surface area contributed by atoms with Crippen molar-refractivity contribution in [2.75, 3.05) is 5.32 Å². The fourth-order valence-corrected chi connectivity index (χ4v) is 4.33. The van der Waals surface area contributed by atoms with Gasteiger partial charge in [-0.1, -0.05) is 18.5 Å². The lowest BCUT2D eigenvalue weighted by Crippen LogP contribution is -2.31. The van der Waals surface area contributed by atoms with Crippen LogP contribution in [0.4, 0.5) is 15.8 Å². The highest BCUT2D eigenvalue weighted by Gasteiger charge is 2.23. The van der Waals surface area contributed by atoms with Crippen LogP contribution in [0.2, 0.25) is 5.02 Å². The summed E-state index contributed by atoms with van der Waals surface area (Å²) in [5, 5.41) is 4.81. The third-order valence-corrected chi connectivity index (χ3v) is 5.97. The minimum atomic E-state index is -0.468. The molecule has 0 bridgehead atoms. The van der Waals surface area contributed by atoms with E-state index in [9.17, 15) is 9.18 Å². The number of benzene rings is 1.